The molecule has 1 aliphatic heterocycles. The Kier molecular flexibility index (Phi) is 6.51. The van der Waals surface area contributed by atoms with Gasteiger partial charge in [0.25, 0.3) is 5.91 Å². The number of nitrogens with one attached hydrogen (secondary N) is 1. The first-order valence-electron chi connectivity index (χ1n) is 10.7. The Morgan fingerprint density at radius 3 is 2.39 bits per heavy atom. The maximum atomic E-state index is 14.2. The van der Waals surface area contributed by atoms with E-state index in [1.807, 2.05) is 0 Å². The zero-order valence-corrected chi connectivity index (χ0v) is 18.3. The van der Waals surface area contributed by atoms with Crippen molar-refractivity contribution in [3.8, 4) is 5.69 Å². The number of halogens is 4. The molecule has 0 saturated carbocycles. The van der Waals surface area contributed by atoms with E-state index in [9.17, 15) is 22.4 Å². The van der Waals surface area contributed by atoms with E-state index < -0.39 is 23.3 Å². The summed E-state index contributed by atoms with van der Waals surface area (Å²) in [7, 11) is 0. The van der Waals surface area contributed by atoms with E-state index in [0.717, 1.165) is 18.2 Å². The molecular weight excluding hydrogens is 436 g/mol. The molecule has 5 nitrogen and oxygen atoms in total. The highest BCUT2D eigenvalue weighted by Crippen LogP contribution is 2.22. The summed E-state index contributed by atoms with van der Waals surface area (Å²) < 4.78 is 55.3. The van der Waals surface area contributed by atoms with Gasteiger partial charge in [0, 0.05) is 31.7 Å². The predicted molar refractivity (Wildman–Crippen MR) is 115 cm³/mol. The fourth-order valence-corrected chi connectivity index (χ4v) is 4.25. The molecule has 174 valence electrons. The van der Waals surface area contributed by atoms with E-state index >= 15 is 0 Å². The maximum Gasteiger partial charge on any atom is 0.255 e. The van der Waals surface area contributed by atoms with Gasteiger partial charge in [-0.05, 0) is 56.5 Å². The van der Waals surface area contributed by atoms with Gasteiger partial charge in [0.2, 0.25) is 0 Å². The Balaban J connectivity index is 1.39. The van der Waals surface area contributed by atoms with Crippen molar-refractivity contribution >= 4 is 5.91 Å². The van der Waals surface area contributed by atoms with Gasteiger partial charge in [-0.3, -0.25) is 9.69 Å². The number of amides is 1. The number of aryl methyl sites for hydroxylation is 1. The van der Waals surface area contributed by atoms with Gasteiger partial charge in [-0.25, -0.2) is 22.2 Å². The topological polar surface area (TPSA) is 50.2 Å². The van der Waals surface area contributed by atoms with Gasteiger partial charge in [-0.2, -0.15) is 5.10 Å². The molecule has 2 aromatic carbocycles. The van der Waals surface area contributed by atoms with Gasteiger partial charge < -0.3 is 5.32 Å². The van der Waals surface area contributed by atoms with Crippen LogP contribution in [0, 0.1) is 37.1 Å². The van der Waals surface area contributed by atoms with E-state index in [1.54, 1.807) is 19.9 Å². The fraction of sp³-hybridized carbons (Fsp3) is 0.333. The van der Waals surface area contributed by atoms with Gasteiger partial charge in [-0.15, -0.1) is 0 Å². The van der Waals surface area contributed by atoms with E-state index in [0.29, 0.717) is 55.0 Å². The van der Waals surface area contributed by atoms with Crippen LogP contribution in [0.15, 0.2) is 36.4 Å². The molecule has 0 unspecified atom stereocenters. The van der Waals surface area contributed by atoms with Crippen LogP contribution in [0.25, 0.3) is 5.69 Å². The van der Waals surface area contributed by atoms with Crippen molar-refractivity contribution in [2.45, 2.75) is 39.3 Å². The average molecular weight is 460 g/mol. The number of piperidine rings is 1. The number of benzene rings is 2. The fourth-order valence-electron chi connectivity index (χ4n) is 4.25. The Morgan fingerprint density at radius 1 is 1.00 bits per heavy atom. The Labute approximate surface area is 189 Å². The monoisotopic (exact) mass is 460 g/mol. The molecule has 1 saturated heterocycles. The molecule has 0 aliphatic carbocycles. The SMILES string of the molecule is Cc1nn(-c2ccc(F)cc2F)c(C)c1C(=O)NC1CCN(Cc2ccc(F)c(F)c2)CC1. The van der Waals surface area contributed by atoms with Crippen LogP contribution in [0.4, 0.5) is 17.6 Å². The van der Waals surface area contributed by atoms with Crippen LogP contribution in [-0.2, 0) is 6.54 Å². The first-order chi connectivity index (χ1) is 15.7. The van der Waals surface area contributed by atoms with Crippen molar-refractivity contribution < 1.29 is 22.4 Å². The minimum absolute atomic E-state index is 0.0524. The summed E-state index contributed by atoms with van der Waals surface area (Å²) in [5.41, 5.74) is 2.04. The van der Waals surface area contributed by atoms with Crippen LogP contribution in [0.3, 0.4) is 0 Å². The number of aromatic nitrogens is 2. The highest BCUT2D eigenvalue weighted by molar-refractivity contribution is 5.96. The molecule has 0 atom stereocenters. The molecule has 9 heteroatoms. The number of carbonyl (C=O) groups excluding carboxylic acids is 1. The Morgan fingerprint density at radius 2 is 1.73 bits per heavy atom. The number of rotatable bonds is 5. The summed E-state index contributed by atoms with van der Waals surface area (Å²) in [4.78, 5) is 15.1. The lowest BCUT2D eigenvalue weighted by molar-refractivity contribution is 0.0907. The zero-order chi connectivity index (χ0) is 23.7. The number of likely N-dealkylation sites (tertiary alicyclic amines) is 1. The maximum absolute atomic E-state index is 14.2. The first kappa shape index (κ1) is 23.0. The second-order valence-corrected chi connectivity index (χ2v) is 8.33. The minimum Gasteiger partial charge on any atom is -0.349 e. The van der Waals surface area contributed by atoms with Gasteiger partial charge in [0.15, 0.2) is 17.5 Å². The minimum atomic E-state index is -0.865. The molecule has 1 aliphatic rings. The summed E-state index contributed by atoms with van der Waals surface area (Å²) in [6.45, 7) is 5.24. The van der Waals surface area contributed by atoms with E-state index in [1.165, 1.54) is 16.8 Å². The molecule has 4 rings (SSSR count). The third kappa shape index (κ3) is 4.93. The standard InChI is InChI=1S/C24H24F4N4O/c1-14-23(15(2)32(30-14)22-6-4-17(25)12-21(22)28)24(33)29-18-7-9-31(10-8-18)13-16-3-5-19(26)20(27)11-16/h3-6,11-12,18H,7-10,13H2,1-2H3,(H,29,33). The van der Waals surface area contributed by atoms with Gasteiger partial charge in [-0.1, -0.05) is 6.07 Å². The zero-order valence-electron chi connectivity index (χ0n) is 18.3. The Bertz CT molecular complexity index is 1190. The summed E-state index contributed by atoms with van der Waals surface area (Å²) in [6, 6.07) is 7.05. The van der Waals surface area contributed by atoms with Crippen molar-refractivity contribution in [2.24, 2.45) is 0 Å². The number of nitrogens with zero attached hydrogens (tertiary/aromatic N) is 3. The number of hydrogen-bond acceptors (Lipinski definition) is 3. The average Bonchev–Trinajstić information content (AvgIpc) is 3.06. The van der Waals surface area contributed by atoms with Gasteiger partial charge in [0.05, 0.1) is 17.0 Å². The summed E-state index contributed by atoms with van der Waals surface area (Å²) in [6.07, 6.45) is 1.41. The summed E-state index contributed by atoms with van der Waals surface area (Å²) in [5.74, 6) is -3.47. The van der Waals surface area contributed by atoms with Gasteiger partial charge >= 0.3 is 0 Å². The van der Waals surface area contributed by atoms with Crippen molar-refractivity contribution in [2.75, 3.05) is 13.1 Å². The predicted octanol–water partition coefficient (Wildman–Crippen LogP) is 4.44. The molecule has 0 spiro atoms. The second kappa shape index (κ2) is 9.35. The van der Waals surface area contributed by atoms with E-state index in [2.05, 4.69) is 15.3 Å². The van der Waals surface area contributed by atoms with Crippen LogP contribution >= 0.6 is 0 Å². The highest BCUT2D eigenvalue weighted by Gasteiger charge is 2.25. The van der Waals surface area contributed by atoms with Crippen molar-refractivity contribution in [3.63, 3.8) is 0 Å². The van der Waals surface area contributed by atoms with Crippen LogP contribution in [-0.4, -0.2) is 39.7 Å². The largest absolute Gasteiger partial charge is 0.349 e. The molecule has 0 bridgehead atoms. The van der Waals surface area contributed by atoms with Gasteiger partial charge in [0.1, 0.15) is 11.5 Å². The van der Waals surface area contributed by atoms with Crippen molar-refractivity contribution in [1.82, 2.24) is 20.0 Å². The van der Waals surface area contributed by atoms with Crippen molar-refractivity contribution in [3.05, 3.63) is 82.2 Å². The molecular formula is C24H24F4N4O. The van der Waals surface area contributed by atoms with E-state index in [-0.39, 0.29) is 17.6 Å². The quantitative estimate of drug-likeness (QED) is 0.573. The van der Waals surface area contributed by atoms with Crippen LogP contribution in [0.1, 0.15) is 40.2 Å². The molecule has 1 aromatic heterocycles. The van der Waals surface area contributed by atoms with Crippen LogP contribution in [0.5, 0.6) is 0 Å². The molecule has 1 fully saturated rings. The van der Waals surface area contributed by atoms with Crippen LogP contribution < -0.4 is 5.32 Å². The van der Waals surface area contributed by atoms with E-state index in [4.69, 9.17) is 0 Å². The molecule has 1 N–H and O–H groups in total. The number of carbonyl (C=O) groups is 1. The smallest absolute Gasteiger partial charge is 0.255 e. The third-order valence-electron chi connectivity index (χ3n) is 5.97. The lowest BCUT2D eigenvalue weighted by atomic mass is 10.0. The lowest BCUT2D eigenvalue weighted by Crippen LogP contribution is -2.44. The molecule has 0 radical (unpaired) electrons. The van der Waals surface area contributed by atoms with Crippen LogP contribution in [0.2, 0.25) is 0 Å². The molecule has 3 aromatic rings. The highest BCUT2D eigenvalue weighted by atomic mass is 19.2. The third-order valence-corrected chi connectivity index (χ3v) is 5.97. The normalized spacial score (nSPS) is 15.1. The molecule has 33 heavy (non-hydrogen) atoms. The second-order valence-electron chi connectivity index (χ2n) is 8.33. The molecule has 2 heterocycles. The van der Waals surface area contributed by atoms with Crippen molar-refractivity contribution in [1.29, 1.82) is 0 Å². The Hall–Kier alpha value is -3.20. The summed E-state index contributed by atoms with van der Waals surface area (Å²) in [5, 5.41) is 7.31. The number of hydrogen-bond donors (Lipinski definition) is 1. The summed E-state index contributed by atoms with van der Waals surface area (Å²) >= 11 is 0. The molecule has 1 amide bonds. The lowest BCUT2D eigenvalue weighted by Gasteiger charge is -2.32. The first-order valence-corrected chi connectivity index (χ1v) is 10.7.